The number of hydrogen-bond donors (Lipinski definition) is 2. The number of unbranched alkanes of at least 4 members (excludes halogenated alkanes) is 1. The fourth-order valence-corrected chi connectivity index (χ4v) is 0.868. The first-order valence-corrected chi connectivity index (χ1v) is 3.90. The summed E-state index contributed by atoms with van der Waals surface area (Å²) >= 11 is 0. The summed E-state index contributed by atoms with van der Waals surface area (Å²) in [5.41, 5.74) is 0. The fourth-order valence-electron chi connectivity index (χ4n) is 0.868. The maximum atomic E-state index is 8.74. The van der Waals surface area contributed by atoms with Gasteiger partial charge in [-0.25, -0.2) is 0 Å². The Balaban J connectivity index is 3.21. The summed E-state index contributed by atoms with van der Waals surface area (Å²) in [5.74, 6) is 1.07. The normalized spacial score (nSPS) is 10.8. The van der Waals surface area contributed by atoms with Gasteiger partial charge in [0.25, 0.3) is 0 Å². The molecule has 61 valence electrons. The molecule has 0 atom stereocenters. The number of aliphatic hydroxyl groups excluding tert-OH is 2. The third kappa shape index (κ3) is 4.77. The predicted molar refractivity (Wildman–Crippen MR) is 41.6 cm³/mol. The van der Waals surface area contributed by atoms with Gasteiger partial charge in [-0.2, -0.15) is 0 Å². The molecular formula is C8H17O2. The summed E-state index contributed by atoms with van der Waals surface area (Å²) in [5, 5.41) is 17.3. The van der Waals surface area contributed by atoms with Crippen molar-refractivity contribution in [1.82, 2.24) is 0 Å². The van der Waals surface area contributed by atoms with Gasteiger partial charge in [0, 0.05) is 19.1 Å². The first-order chi connectivity index (χ1) is 4.85. The quantitative estimate of drug-likeness (QED) is 0.588. The van der Waals surface area contributed by atoms with Crippen LogP contribution >= 0.6 is 0 Å². The van der Waals surface area contributed by atoms with E-state index in [1.165, 1.54) is 0 Å². The van der Waals surface area contributed by atoms with Crippen LogP contribution in [0, 0.1) is 5.92 Å². The van der Waals surface area contributed by atoms with E-state index in [0.717, 1.165) is 25.2 Å². The van der Waals surface area contributed by atoms with Crippen molar-refractivity contribution in [3.63, 3.8) is 0 Å². The van der Waals surface area contributed by atoms with Crippen LogP contribution in [-0.4, -0.2) is 23.4 Å². The van der Waals surface area contributed by atoms with Gasteiger partial charge in [0.2, 0.25) is 0 Å². The van der Waals surface area contributed by atoms with Gasteiger partial charge in [-0.05, 0) is 12.8 Å². The van der Waals surface area contributed by atoms with Crippen molar-refractivity contribution in [2.24, 2.45) is 0 Å². The van der Waals surface area contributed by atoms with E-state index in [-0.39, 0.29) is 13.2 Å². The van der Waals surface area contributed by atoms with Crippen LogP contribution in [-0.2, 0) is 0 Å². The molecule has 0 fully saturated rings. The Morgan fingerprint density at radius 2 is 1.90 bits per heavy atom. The first kappa shape index (κ1) is 9.92. The Kier molecular flexibility index (Phi) is 6.98. The zero-order valence-electron chi connectivity index (χ0n) is 6.64. The molecule has 0 aliphatic heterocycles. The van der Waals surface area contributed by atoms with Crippen molar-refractivity contribution >= 4 is 0 Å². The molecule has 10 heavy (non-hydrogen) atoms. The molecular weight excluding hydrogens is 128 g/mol. The molecule has 0 amide bonds. The summed E-state index contributed by atoms with van der Waals surface area (Å²) in [7, 11) is 0. The SMILES string of the molecule is CCCC[C](CO)CCO. The number of rotatable bonds is 6. The molecule has 2 heteroatoms. The zero-order valence-corrected chi connectivity index (χ0v) is 6.64. The molecule has 0 aromatic carbocycles. The van der Waals surface area contributed by atoms with Crippen LogP contribution in [0.15, 0.2) is 0 Å². The van der Waals surface area contributed by atoms with E-state index in [4.69, 9.17) is 10.2 Å². The molecule has 0 aromatic heterocycles. The fraction of sp³-hybridized carbons (Fsp3) is 0.875. The van der Waals surface area contributed by atoms with Crippen LogP contribution in [0.2, 0.25) is 0 Å². The third-order valence-electron chi connectivity index (χ3n) is 1.57. The van der Waals surface area contributed by atoms with Crippen LogP contribution in [0.25, 0.3) is 0 Å². The minimum atomic E-state index is 0.139. The summed E-state index contributed by atoms with van der Waals surface area (Å²) in [4.78, 5) is 0. The minimum absolute atomic E-state index is 0.139. The van der Waals surface area contributed by atoms with Crippen molar-refractivity contribution in [2.75, 3.05) is 13.2 Å². The Morgan fingerprint density at radius 3 is 2.30 bits per heavy atom. The molecule has 0 aromatic rings. The van der Waals surface area contributed by atoms with Crippen molar-refractivity contribution in [1.29, 1.82) is 0 Å². The molecule has 0 spiro atoms. The van der Waals surface area contributed by atoms with Gasteiger partial charge in [0.15, 0.2) is 0 Å². The lowest BCUT2D eigenvalue weighted by Gasteiger charge is -2.09. The molecule has 0 saturated heterocycles. The summed E-state index contributed by atoms with van der Waals surface area (Å²) in [6, 6.07) is 0. The summed E-state index contributed by atoms with van der Waals surface area (Å²) in [6.07, 6.45) is 3.90. The lowest BCUT2D eigenvalue weighted by Crippen LogP contribution is -2.05. The van der Waals surface area contributed by atoms with Crippen LogP contribution in [0.5, 0.6) is 0 Å². The topological polar surface area (TPSA) is 40.5 Å². The molecule has 1 radical (unpaired) electrons. The second kappa shape index (κ2) is 7.03. The van der Waals surface area contributed by atoms with Crippen molar-refractivity contribution < 1.29 is 10.2 Å². The second-order valence-electron chi connectivity index (χ2n) is 2.49. The first-order valence-electron chi connectivity index (χ1n) is 3.90. The van der Waals surface area contributed by atoms with Crippen LogP contribution < -0.4 is 0 Å². The monoisotopic (exact) mass is 145 g/mol. The van der Waals surface area contributed by atoms with Gasteiger partial charge in [-0.3, -0.25) is 0 Å². The molecule has 2 nitrogen and oxygen atoms in total. The Labute approximate surface area is 62.9 Å². The van der Waals surface area contributed by atoms with Crippen LogP contribution in [0.1, 0.15) is 32.6 Å². The van der Waals surface area contributed by atoms with Crippen molar-refractivity contribution in [3.05, 3.63) is 5.92 Å². The van der Waals surface area contributed by atoms with E-state index in [1.54, 1.807) is 0 Å². The third-order valence-corrected chi connectivity index (χ3v) is 1.57. The molecule has 0 rings (SSSR count). The Morgan fingerprint density at radius 1 is 1.20 bits per heavy atom. The highest BCUT2D eigenvalue weighted by atomic mass is 16.3. The van der Waals surface area contributed by atoms with Crippen molar-refractivity contribution in [2.45, 2.75) is 32.6 Å². The largest absolute Gasteiger partial charge is 0.396 e. The Bertz CT molecular complexity index is 64.3. The van der Waals surface area contributed by atoms with E-state index in [1.807, 2.05) is 0 Å². The molecule has 0 saturated carbocycles. The highest BCUT2D eigenvalue weighted by Gasteiger charge is 2.05. The van der Waals surface area contributed by atoms with E-state index in [9.17, 15) is 0 Å². The average molecular weight is 145 g/mol. The molecule has 0 unspecified atom stereocenters. The molecule has 0 bridgehead atoms. The van der Waals surface area contributed by atoms with Crippen LogP contribution in [0.3, 0.4) is 0 Å². The smallest absolute Gasteiger partial charge is 0.0494 e. The molecule has 2 N–H and O–H groups in total. The molecule has 0 aliphatic carbocycles. The highest BCUT2D eigenvalue weighted by Crippen LogP contribution is 2.13. The van der Waals surface area contributed by atoms with E-state index in [2.05, 4.69) is 6.92 Å². The second-order valence-corrected chi connectivity index (χ2v) is 2.49. The highest BCUT2D eigenvalue weighted by molar-refractivity contribution is 4.87. The molecule has 0 heterocycles. The van der Waals surface area contributed by atoms with Gasteiger partial charge in [-0.15, -0.1) is 0 Å². The van der Waals surface area contributed by atoms with Crippen molar-refractivity contribution in [3.8, 4) is 0 Å². The zero-order chi connectivity index (χ0) is 7.82. The van der Waals surface area contributed by atoms with E-state index >= 15 is 0 Å². The lowest BCUT2D eigenvalue weighted by atomic mass is 10.0. The van der Waals surface area contributed by atoms with E-state index < -0.39 is 0 Å². The Hall–Kier alpha value is -0.0800. The number of aliphatic hydroxyl groups is 2. The summed E-state index contributed by atoms with van der Waals surface area (Å²) in [6.45, 7) is 2.42. The van der Waals surface area contributed by atoms with E-state index in [0.29, 0.717) is 6.42 Å². The van der Waals surface area contributed by atoms with Gasteiger partial charge >= 0.3 is 0 Å². The van der Waals surface area contributed by atoms with Gasteiger partial charge in [0.05, 0.1) is 0 Å². The predicted octanol–water partition coefficient (Wildman–Crippen LogP) is 1.13. The maximum Gasteiger partial charge on any atom is 0.0494 e. The van der Waals surface area contributed by atoms with Gasteiger partial charge < -0.3 is 10.2 Å². The standard InChI is InChI=1S/C8H17O2/c1-2-3-4-8(7-10)5-6-9/h9-10H,2-7H2,1H3. The minimum Gasteiger partial charge on any atom is -0.396 e. The maximum absolute atomic E-state index is 8.74. The van der Waals surface area contributed by atoms with Gasteiger partial charge in [-0.1, -0.05) is 19.8 Å². The van der Waals surface area contributed by atoms with Gasteiger partial charge in [0.1, 0.15) is 0 Å². The summed E-state index contributed by atoms with van der Waals surface area (Å²) < 4.78 is 0. The number of hydrogen-bond acceptors (Lipinski definition) is 2. The molecule has 0 aliphatic rings. The lowest BCUT2D eigenvalue weighted by molar-refractivity contribution is 0.251. The average Bonchev–Trinajstić information content (AvgIpc) is 1.98. The van der Waals surface area contributed by atoms with Crippen LogP contribution in [0.4, 0.5) is 0 Å².